The van der Waals surface area contributed by atoms with Crippen molar-refractivity contribution < 1.29 is 38.0 Å². The second kappa shape index (κ2) is 20.1. The number of aromatic nitrogens is 1. The average Bonchev–Trinajstić information content (AvgIpc) is 3.74. The van der Waals surface area contributed by atoms with Gasteiger partial charge in [0.25, 0.3) is 15.9 Å². The lowest BCUT2D eigenvalue weighted by atomic mass is 9.92. The topological polar surface area (TPSA) is 185 Å². The number of piperazine rings is 1. The number of sulfonamides is 1. The smallest absolute Gasteiger partial charge is 0.268 e. The van der Waals surface area contributed by atoms with Crippen LogP contribution in [0.15, 0.2) is 83.9 Å². The third kappa shape index (κ3) is 10.9. The molecule has 17 heteroatoms. The molecule has 4 N–H and O–H groups in total. The van der Waals surface area contributed by atoms with Crippen molar-refractivity contribution in [3.63, 3.8) is 0 Å². The summed E-state index contributed by atoms with van der Waals surface area (Å²) in [5.41, 5.74) is 5.94. The van der Waals surface area contributed by atoms with E-state index < -0.39 is 15.9 Å². The van der Waals surface area contributed by atoms with Gasteiger partial charge in [-0.3, -0.25) is 19.5 Å². The van der Waals surface area contributed by atoms with Crippen LogP contribution in [0, 0.1) is 16.7 Å². The lowest BCUT2D eigenvalue weighted by Gasteiger charge is -2.43. The summed E-state index contributed by atoms with van der Waals surface area (Å²) in [5.74, 6) is 0.409. The summed E-state index contributed by atoms with van der Waals surface area (Å²) in [6.45, 7) is 10.5. The first-order chi connectivity index (χ1) is 29.9. The zero-order valence-corrected chi connectivity index (χ0v) is 36.5. The molecule has 3 aromatic carbocycles. The highest BCUT2D eigenvalue weighted by Gasteiger charge is 2.33. The van der Waals surface area contributed by atoms with Crippen molar-refractivity contribution in [2.45, 2.75) is 57.0 Å². The second-order valence-corrected chi connectivity index (χ2v) is 18.4. The monoisotopic (exact) mass is 886 g/mol. The van der Waals surface area contributed by atoms with E-state index in [0.717, 1.165) is 93.3 Å². The summed E-state index contributed by atoms with van der Waals surface area (Å²) >= 11 is 6.37. The van der Waals surface area contributed by atoms with Crippen molar-refractivity contribution in [3.8, 4) is 11.5 Å². The molecule has 1 atom stereocenters. The van der Waals surface area contributed by atoms with Gasteiger partial charge in [0.05, 0.1) is 27.3 Å². The van der Waals surface area contributed by atoms with Gasteiger partial charge in [-0.25, -0.2) is 18.3 Å². The number of halogens is 1. The van der Waals surface area contributed by atoms with Crippen molar-refractivity contribution in [2.24, 2.45) is 11.8 Å². The Morgan fingerprint density at radius 1 is 1.00 bits per heavy atom. The summed E-state index contributed by atoms with van der Waals surface area (Å²) in [6, 6.07) is 19.5. The second-order valence-electron chi connectivity index (χ2n) is 16.3. The van der Waals surface area contributed by atoms with Gasteiger partial charge in [0.2, 0.25) is 5.91 Å². The van der Waals surface area contributed by atoms with E-state index in [9.17, 15) is 18.0 Å². The summed E-state index contributed by atoms with van der Waals surface area (Å²) in [7, 11) is -4.21. The number of amides is 2. The predicted octanol–water partition coefficient (Wildman–Crippen LogP) is 5.01. The number of fused-ring (bicyclic) bond motifs is 2. The molecule has 0 unspecified atom stereocenters. The number of hydrogen-bond acceptors (Lipinski definition) is 11. The molecular weight excluding hydrogens is 834 g/mol. The molecule has 4 aliphatic rings. The van der Waals surface area contributed by atoms with Crippen LogP contribution in [-0.2, 0) is 38.9 Å². The minimum absolute atomic E-state index is 0.0213. The van der Waals surface area contributed by atoms with Gasteiger partial charge >= 0.3 is 0 Å². The van der Waals surface area contributed by atoms with E-state index in [1.165, 1.54) is 17.7 Å². The van der Waals surface area contributed by atoms with Crippen LogP contribution in [0.4, 0.5) is 11.4 Å². The molecule has 1 aromatic heterocycles. The maximum Gasteiger partial charge on any atom is 0.268 e. The fraction of sp³-hybridized carbons (Fsp3) is 0.400. The molecule has 328 valence electrons. The maximum atomic E-state index is 13.8. The minimum Gasteiger partial charge on any atom is -0.455 e. The normalized spacial score (nSPS) is 17.7. The molecule has 1 aliphatic carbocycles. The predicted molar refractivity (Wildman–Crippen MR) is 236 cm³/mol. The maximum absolute atomic E-state index is 13.8. The van der Waals surface area contributed by atoms with Crippen molar-refractivity contribution in [1.29, 1.82) is 0 Å². The van der Waals surface area contributed by atoms with Crippen molar-refractivity contribution in [2.75, 3.05) is 62.7 Å². The van der Waals surface area contributed by atoms with Gasteiger partial charge in [-0.05, 0) is 96.5 Å². The Hall–Kier alpha value is -5.55. The fourth-order valence-corrected chi connectivity index (χ4v) is 9.48. The van der Waals surface area contributed by atoms with Crippen LogP contribution >= 0.6 is 11.6 Å². The summed E-state index contributed by atoms with van der Waals surface area (Å²) in [6.07, 6.45) is 9.11. The van der Waals surface area contributed by atoms with Gasteiger partial charge in [0.1, 0.15) is 11.5 Å². The SMILES string of the molecule is CC(C)C(=O)N1Cc2ccc(Cl)cc2C[C@H]1CN1CCN(c2ccc(C(=O)NS(=O)(=O)c3ccc(NCC4CCOCC4)cc3)c(Oc3cnc4c(c3)C=CC4)c2)CC1.O=[NH+]O. The summed E-state index contributed by atoms with van der Waals surface area (Å²) in [4.78, 5) is 46.6. The molecule has 62 heavy (non-hydrogen) atoms. The molecule has 15 nitrogen and oxygen atoms in total. The van der Waals surface area contributed by atoms with Gasteiger partial charge in [-0.1, -0.05) is 43.7 Å². The van der Waals surface area contributed by atoms with Crippen LogP contribution in [-0.4, -0.2) is 98.7 Å². The van der Waals surface area contributed by atoms with E-state index in [4.69, 9.17) is 31.2 Å². The molecule has 0 bridgehead atoms. The van der Waals surface area contributed by atoms with Gasteiger partial charge in [0, 0.05) is 99.9 Å². The number of ether oxygens (including phenoxy) is 2. The first kappa shape index (κ1) is 44.5. The number of benzene rings is 3. The number of carbonyl (C=O) groups is 2. The highest BCUT2D eigenvalue weighted by atomic mass is 35.5. The highest BCUT2D eigenvalue weighted by Crippen LogP contribution is 2.34. The van der Waals surface area contributed by atoms with Crippen LogP contribution in [0.5, 0.6) is 11.5 Å². The average molecular weight is 887 g/mol. The first-order valence-electron chi connectivity index (χ1n) is 20.9. The molecule has 2 fully saturated rings. The van der Waals surface area contributed by atoms with Crippen molar-refractivity contribution in [3.05, 3.63) is 117 Å². The van der Waals surface area contributed by atoms with E-state index in [2.05, 4.69) is 24.8 Å². The third-order valence-corrected chi connectivity index (χ3v) is 13.3. The number of pyridine rings is 1. The zero-order chi connectivity index (χ0) is 43.8. The van der Waals surface area contributed by atoms with Crippen LogP contribution in [0.25, 0.3) is 6.08 Å². The molecular formula is C45H53ClN7O8S+. The minimum atomic E-state index is -4.21. The van der Waals surface area contributed by atoms with Crippen LogP contribution in [0.2, 0.25) is 5.02 Å². The van der Waals surface area contributed by atoms with Crippen molar-refractivity contribution in [1.82, 2.24) is 19.5 Å². The highest BCUT2D eigenvalue weighted by molar-refractivity contribution is 7.90. The van der Waals surface area contributed by atoms with E-state index in [1.54, 1.807) is 30.5 Å². The van der Waals surface area contributed by atoms with E-state index >= 15 is 0 Å². The number of carbonyl (C=O) groups excluding carboxylic acids is 2. The Morgan fingerprint density at radius 3 is 2.47 bits per heavy atom. The van der Waals surface area contributed by atoms with Crippen LogP contribution < -0.4 is 25.0 Å². The Morgan fingerprint density at radius 2 is 1.74 bits per heavy atom. The molecule has 0 spiro atoms. The van der Waals surface area contributed by atoms with E-state index in [1.807, 2.05) is 61.2 Å². The Labute approximate surface area is 367 Å². The molecule has 0 radical (unpaired) electrons. The van der Waals surface area contributed by atoms with Gasteiger partial charge in [-0.15, -0.1) is 0 Å². The molecule has 0 saturated carbocycles. The summed E-state index contributed by atoms with van der Waals surface area (Å²) < 4.78 is 41.1. The number of nitrogens with zero attached hydrogens (tertiary/aromatic N) is 4. The van der Waals surface area contributed by atoms with E-state index in [0.29, 0.717) is 41.7 Å². The number of rotatable bonds is 12. The Balaban J connectivity index is 0.00000187. The quantitative estimate of drug-likeness (QED) is 0.140. The molecule has 3 aliphatic heterocycles. The molecule has 8 rings (SSSR count). The zero-order valence-electron chi connectivity index (χ0n) is 34.9. The molecule has 4 aromatic rings. The standard InChI is InChI=1S/C45H51ClN6O6S.HNO2/c1-30(2)45(54)52-28-33-6-7-35(46)22-34(33)23-38(52)29-50-16-18-51(19-17-50)37-10-13-41(43(25-37)58-39-24-32-4-3-5-42(32)48-27-39)44(53)49-59(55,56)40-11-8-36(9-12-40)47-26-31-14-20-57-21-15-31;2-1-3/h3-4,6-13,22,24-25,27,30-31,38,47H,5,14-21,23,26,28-29H2,1-2H3,(H,49,53);1H/p+1/t38-;/m0./s1. The summed E-state index contributed by atoms with van der Waals surface area (Å²) in [5, 5.41) is 11.4. The first-order valence-corrected chi connectivity index (χ1v) is 22.8. The largest absolute Gasteiger partial charge is 0.455 e. The fourth-order valence-electron chi connectivity index (χ4n) is 8.32. The van der Waals surface area contributed by atoms with E-state index in [-0.39, 0.29) is 34.1 Å². The van der Waals surface area contributed by atoms with Crippen molar-refractivity contribution >= 4 is 50.9 Å². The Kier molecular flexibility index (Phi) is 14.4. The van der Waals surface area contributed by atoms with Gasteiger partial charge in [-0.2, -0.15) is 0 Å². The van der Waals surface area contributed by atoms with Crippen LogP contribution in [0.3, 0.4) is 0 Å². The van der Waals surface area contributed by atoms with Crippen LogP contribution in [0.1, 0.15) is 59.4 Å². The lowest BCUT2D eigenvalue weighted by molar-refractivity contribution is -0.755. The third-order valence-electron chi connectivity index (χ3n) is 11.7. The number of anilines is 2. The molecule has 2 saturated heterocycles. The molecule has 4 heterocycles. The molecule has 2 amide bonds. The number of hydrogen-bond donors (Lipinski definition) is 4. The number of allylic oxidation sites excluding steroid dienone is 1. The number of nitrogens with one attached hydrogen (secondary N) is 3. The lowest BCUT2D eigenvalue weighted by Crippen LogP contribution is -2.58. The Bertz CT molecular complexity index is 2380. The van der Waals surface area contributed by atoms with Gasteiger partial charge in [0.15, 0.2) is 5.34 Å². The van der Waals surface area contributed by atoms with Gasteiger partial charge < -0.3 is 24.6 Å².